The molecule has 41 heavy (non-hydrogen) atoms. The zero-order valence-electron chi connectivity index (χ0n) is 21.5. The highest BCUT2D eigenvalue weighted by molar-refractivity contribution is 5.89. The Kier molecular flexibility index (Phi) is 7.95. The Morgan fingerprint density at radius 2 is 1.49 bits per heavy atom. The van der Waals surface area contributed by atoms with Gasteiger partial charge >= 0.3 is 0 Å². The molecule has 2 aliphatic heterocycles. The van der Waals surface area contributed by atoms with Crippen LogP contribution in [0.3, 0.4) is 0 Å². The number of aliphatic hydroxyl groups excluding tert-OH is 7. The van der Waals surface area contributed by atoms with E-state index in [9.17, 15) is 50.8 Å². The van der Waals surface area contributed by atoms with Gasteiger partial charge in [-0.15, -0.1) is 0 Å². The van der Waals surface area contributed by atoms with E-state index >= 15 is 0 Å². The number of phenols is 2. The molecule has 0 aliphatic carbocycles. The topological polar surface area (TPSA) is 240 Å². The Morgan fingerprint density at radius 3 is 2.15 bits per heavy atom. The second-order valence-corrected chi connectivity index (χ2v) is 10.1. The number of hydrogen-bond donors (Lipinski definition) is 9. The third-order valence-electron chi connectivity index (χ3n) is 7.36. The van der Waals surface area contributed by atoms with Crippen molar-refractivity contribution in [3.05, 3.63) is 52.2 Å². The number of fused-ring (bicyclic) bond motifs is 1. The van der Waals surface area contributed by atoms with Crippen molar-refractivity contribution < 1.29 is 64.6 Å². The summed E-state index contributed by atoms with van der Waals surface area (Å²) in [5, 5.41) is 92.5. The SMILES string of the molecule is CC1OC(Oc2cc(O)c3c(=O)cc(-c4ccc(O)cc4)oc3c2C2OC(CO)C(O)C(O)C2O)C(O)C(O)C1O. The zero-order chi connectivity index (χ0) is 29.7. The molecule has 0 saturated carbocycles. The molecule has 3 aromatic rings. The summed E-state index contributed by atoms with van der Waals surface area (Å²) in [6.07, 6.45) is -16.1. The standard InChI is InChI=1S/C27H30O14/c1-9-19(32)21(34)24(37)27(38-9)41-15-7-13(31)17-12(30)6-14(10-2-4-11(29)5-3-10)39-25(17)18(15)26-23(36)22(35)20(33)16(8-28)40-26/h2-7,9,16,19-24,26-29,31-37H,8H2,1H3. The van der Waals surface area contributed by atoms with E-state index in [0.717, 1.165) is 12.1 Å². The van der Waals surface area contributed by atoms with Crippen molar-refractivity contribution in [1.82, 2.24) is 0 Å². The Bertz CT molecular complexity index is 1450. The van der Waals surface area contributed by atoms with E-state index in [1.54, 1.807) is 0 Å². The van der Waals surface area contributed by atoms with Crippen LogP contribution >= 0.6 is 0 Å². The van der Waals surface area contributed by atoms with Gasteiger partial charge < -0.3 is 64.6 Å². The fourth-order valence-corrected chi connectivity index (χ4v) is 5.02. The first-order chi connectivity index (χ1) is 19.4. The van der Waals surface area contributed by atoms with Crippen molar-refractivity contribution in [3.63, 3.8) is 0 Å². The summed E-state index contributed by atoms with van der Waals surface area (Å²) in [7, 11) is 0. The molecule has 10 atom stereocenters. The van der Waals surface area contributed by atoms with Crippen molar-refractivity contribution >= 4 is 11.0 Å². The molecule has 2 aliphatic rings. The van der Waals surface area contributed by atoms with Crippen molar-refractivity contribution in [1.29, 1.82) is 0 Å². The maximum absolute atomic E-state index is 13.2. The van der Waals surface area contributed by atoms with E-state index < -0.39 is 79.0 Å². The molecule has 1 aromatic heterocycles. The lowest BCUT2D eigenvalue weighted by Gasteiger charge is -2.42. The van der Waals surface area contributed by atoms with Gasteiger partial charge in [0, 0.05) is 17.7 Å². The molecule has 9 N–H and O–H groups in total. The summed E-state index contributed by atoms with van der Waals surface area (Å²) >= 11 is 0. The van der Waals surface area contributed by atoms with E-state index in [2.05, 4.69) is 0 Å². The molecule has 14 heteroatoms. The van der Waals surface area contributed by atoms with Gasteiger partial charge in [0.1, 0.15) is 77.2 Å². The normalized spacial score (nSPS) is 34.0. The second kappa shape index (κ2) is 11.2. The molecule has 14 nitrogen and oxygen atoms in total. The van der Waals surface area contributed by atoms with Crippen LogP contribution in [0.2, 0.25) is 0 Å². The molecule has 2 saturated heterocycles. The van der Waals surface area contributed by atoms with Gasteiger partial charge in [0.15, 0.2) is 11.0 Å². The van der Waals surface area contributed by atoms with Crippen molar-refractivity contribution in [2.45, 2.75) is 68.1 Å². The van der Waals surface area contributed by atoms with Crippen molar-refractivity contribution in [3.8, 4) is 28.6 Å². The zero-order valence-corrected chi connectivity index (χ0v) is 21.5. The number of phenolic OH excluding ortho intramolecular Hbond substituents is 2. The van der Waals surface area contributed by atoms with Gasteiger partial charge in [-0.1, -0.05) is 0 Å². The van der Waals surface area contributed by atoms with Gasteiger partial charge in [-0.05, 0) is 31.2 Å². The predicted molar refractivity (Wildman–Crippen MR) is 137 cm³/mol. The van der Waals surface area contributed by atoms with Crippen LogP contribution in [0.5, 0.6) is 17.2 Å². The van der Waals surface area contributed by atoms with Gasteiger partial charge in [0.2, 0.25) is 6.29 Å². The number of aromatic hydroxyl groups is 2. The maximum atomic E-state index is 13.2. The van der Waals surface area contributed by atoms with Crippen LogP contribution in [0.4, 0.5) is 0 Å². The second-order valence-electron chi connectivity index (χ2n) is 10.1. The van der Waals surface area contributed by atoms with Crippen LogP contribution in [-0.4, -0.2) is 108 Å². The summed E-state index contributed by atoms with van der Waals surface area (Å²) in [6, 6.07) is 7.63. The Labute approximate surface area is 231 Å². The number of rotatable bonds is 5. The molecule has 2 aromatic carbocycles. The molecule has 0 bridgehead atoms. The summed E-state index contributed by atoms with van der Waals surface area (Å²) in [5.74, 6) is -1.12. The molecule has 5 rings (SSSR count). The Morgan fingerprint density at radius 1 is 0.829 bits per heavy atom. The van der Waals surface area contributed by atoms with E-state index in [4.69, 9.17) is 18.6 Å². The van der Waals surface area contributed by atoms with Gasteiger partial charge in [0.25, 0.3) is 0 Å². The Balaban J connectivity index is 1.73. The van der Waals surface area contributed by atoms with Crippen LogP contribution < -0.4 is 10.2 Å². The lowest BCUT2D eigenvalue weighted by Crippen LogP contribution is -2.58. The number of benzene rings is 2. The van der Waals surface area contributed by atoms with Crippen molar-refractivity contribution in [2.75, 3.05) is 6.61 Å². The first-order valence-corrected chi connectivity index (χ1v) is 12.7. The van der Waals surface area contributed by atoms with E-state index in [-0.39, 0.29) is 33.8 Å². The molecular formula is C27H30O14. The highest BCUT2D eigenvalue weighted by Crippen LogP contribution is 2.45. The summed E-state index contributed by atoms with van der Waals surface area (Å²) < 4.78 is 23.1. The molecule has 222 valence electrons. The fourth-order valence-electron chi connectivity index (χ4n) is 5.02. The molecule has 10 unspecified atom stereocenters. The average Bonchev–Trinajstić information content (AvgIpc) is 2.94. The number of aliphatic hydroxyl groups is 7. The average molecular weight is 579 g/mol. The van der Waals surface area contributed by atoms with Crippen LogP contribution in [-0.2, 0) is 9.47 Å². The third-order valence-corrected chi connectivity index (χ3v) is 7.36. The predicted octanol–water partition coefficient (Wildman–Crippen LogP) is -1.41. The monoisotopic (exact) mass is 578 g/mol. The van der Waals surface area contributed by atoms with Gasteiger partial charge in [-0.3, -0.25) is 4.79 Å². The number of hydrogen-bond acceptors (Lipinski definition) is 14. The van der Waals surface area contributed by atoms with Gasteiger partial charge in [-0.25, -0.2) is 0 Å². The van der Waals surface area contributed by atoms with Crippen LogP contribution in [0.25, 0.3) is 22.3 Å². The van der Waals surface area contributed by atoms with Gasteiger partial charge in [-0.2, -0.15) is 0 Å². The van der Waals surface area contributed by atoms with Crippen LogP contribution in [0.15, 0.2) is 45.6 Å². The third kappa shape index (κ3) is 5.14. The lowest BCUT2D eigenvalue weighted by molar-refractivity contribution is -0.269. The molecular weight excluding hydrogens is 548 g/mol. The summed E-state index contributed by atoms with van der Waals surface area (Å²) in [5.41, 5.74) is -1.04. The molecule has 2 fully saturated rings. The summed E-state index contributed by atoms with van der Waals surface area (Å²) in [6.45, 7) is 0.637. The van der Waals surface area contributed by atoms with E-state index in [1.807, 2.05) is 0 Å². The number of ether oxygens (including phenoxy) is 3. The van der Waals surface area contributed by atoms with Crippen molar-refractivity contribution in [2.24, 2.45) is 0 Å². The first kappa shape index (κ1) is 29.2. The fraction of sp³-hybridized carbons (Fsp3) is 0.444. The van der Waals surface area contributed by atoms with E-state index in [0.29, 0.717) is 5.56 Å². The van der Waals surface area contributed by atoms with E-state index in [1.165, 1.54) is 31.2 Å². The minimum absolute atomic E-state index is 0.0361. The molecule has 0 amide bonds. The van der Waals surface area contributed by atoms with Gasteiger partial charge in [0.05, 0.1) is 18.3 Å². The largest absolute Gasteiger partial charge is 0.508 e. The molecule has 0 spiro atoms. The first-order valence-electron chi connectivity index (χ1n) is 12.7. The quantitative estimate of drug-likeness (QED) is 0.169. The van der Waals surface area contributed by atoms with Crippen LogP contribution in [0.1, 0.15) is 18.6 Å². The highest BCUT2D eigenvalue weighted by Gasteiger charge is 2.48. The van der Waals surface area contributed by atoms with Crippen LogP contribution in [0, 0.1) is 0 Å². The molecule has 3 heterocycles. The minimum Gasteiger partial charge on any atom is -0.508 e. The molecule has 0 radical (unpaired) electrons. The summed E-state index contributed by atoms with van der Waals surface area (Å²) in [4.78, 5) is 13.2. The minimum atomic E-state index is -1.88. The smallest absolute Gasteiger partial charge is 0.229 e. The maximum Gasteiger partial charge on any atom is 0.229 e. The highest BCUT2D eigenvalue weighted by atomic mass is 16.7. The lowest BCUT2D eigenvalue weighted by atomic mass is 9.89. The Hall–Kier alpha value is -3.31.